The van der Waals surface area contributed by atoms with E-state index in [1.165, 1.54) is 18.4 Å². The lowest BCUT2D eigenvalue weighted by Crippen LogP contribution is -2.29. The molecule has 104 valence electrons. The molecule has 4 heteroatoms. The number of fused-ring (bicyclic) bond motifs is 1. The van der Waals surface area contributed by atoms with E-state index in [4.69, 9.17) is 14.2 Å². The Kier molecular flexibility index (Phi) is 3.78. The van der Waals surface area contributed by atoms with E-state index in [-0.39, 0.29) is 0 Å². The quantitative estimate of drug-likeness (QED) is 0.889. The lowest BCUT2D eigenvalue weighted by molar-refractivity contribution is 0.293. The van der Waals surface area contributed by atoms with Gasteiger partial charge in [0.05, 0.1) is 20.3 Å². The topological polar surface area (TPSA) is 39.7 Å². The summed E-state index contributed by atoms with van der Waals surface area (Å²) < 4.78 is 17.3. The molecule has 19 heavy (non-hydrogen) atoms. The molecule has 1 saturated heterocycles. The molecule has 0 aliphatic carbocycles. The Bertz CT molecular complexity index is 441. The molecule has 0 bridgehead atoms. The van der Waals surface area contributed by atoms with Crippen LogP contribution in [0, 0.1) is 0 Å². The van der Waals surface area contributed by atoms with Gasteiger partial charge in [-0.05, 0) is 31.5 Å². The maximum absolute atomic E-state index is 5.94. The molecule has 2 heterocycles. The Morgan fingerprint density at radius 1 is 1.21 bits per heavy atom. The molecule has 1 unspecified atom stereocenters. The maximum Gasteiger partial charge on any atom is 0.168 e. The molecule has 4 nitrogen and oxygen atoms in total. The van der Waals surface area contributed by atoms with Gasteiger partial charge in [0.25, 0.3) is 0 Å². The molecule has 2 aliphatic heterocycles. The number of benzene rings is 1. The van der Waals surface area contributed by atoms with Gasteiger partial charge in [0.2, 0.25) is 0 Å². The van der Waals surface area contributed by atoms with Gasteiger partial charge in [0.1, 0.15) is 5.75 Å². The van der Waals surface area contributed by atoms with Crippen molar-refractivity contribution in [2.45, 2.75) is 25.2 Å². The van der Waals surface area contributed by atoms with Crippen LogP contribution in [-0.2, 0) is 0 Å². The van der Waals surface area contributed by atoms with Crippen LogP contribution >= 0.6 is 0 Å². The van der Waals surface area contributed by atoms with Crippen LogP contribution in [0.15, 0.2) is 12.1 Å². The zero-order chi connectivity index (χ0) is 13.1. The van der Waals surface area contributed by atoms with Crippen molar-refractivity contribution in [2.75, 3.05) is 33.4 Å². The van der Waals surface area contributed by atoms with Crippen LogP contribution in [0.4, 0.5) is 0 Å². The average Bonchev–Trinajstić information content (AvgIpc) is 2.72. The fraction of sp³-hybridized carbons (Fsp3) is 0.600. The highest BCUT2D eigenvalue weighted by Gasteiger charge is 2.26. The van der Waals surface area contributed by atoms with Gasteiger partial charge in [-0.1, -0.05) is 0 Å². The van der Waals surface area contributed by atoms with E-state index in [2.05, 4.69) is 5.32 Å². The molecule has 0 spiro atoms. The maximum atomic E-state index is 5.94. The molecule has 1 aromatic carbocycles. The Morgan fingerprint density at radius 3 is 2.89 bits per heavy atom. The second-order valence-electron chi connectivity index (χ2n) is 5.10. The molecule has 1 fully saturated rings. The predicted molar refractivity (Wildman–Crippen MR) is 73.4 cm³/mol. The van der Waals surface area contributed by atoms with Gasteiger partial charge >= 0.3 is 0 Å². The van der Waals surface area contributed by atoms with Crippen LogP contribution in [-0.4, -0.2) is 33.4 Å². The highest BCUT2D eigenvalue weighted by Crippen LogP contribution is 2.44. The number of hydrogen-bond donors (Lipinski definition) is 1. The number of hydrogen-bond acceptors (Lipinski definition) is 4. The first-order valence-electron chi connectivity index (χ1n) is 7.07. The van der Waals surface area contributed by atoms with Gasteiger partial charge in [0.15, 0.2) is 11.5 Å². The second-order valence-corrected chi connectivity index (χ2v) is 5.10. The Hall–Kier alpha value is -1.42. The molecular weight excluding hydrogens is 242 g/mol. The van der Waals surface area contributed by atoms with Crippen LogP contribution in [0.3, 0.4) is 0 Å². The summed E-state index contributed by atoms with van der Waals surface area (Å²) in [7, 11) is 1.72. The van der Waals surface area contributed by atoms with E-state index in [0.29, 0.717) is 12.5 Å². The van der Waals surface area contributed by atoms with Crippen LogP contribution in [0.25, 0.3) is 0 Å². The van der Waals surface area contributed by atoms with Crippen molar-refractivity contribution in [3.05, 3.63) is 17.7 Å². The summed E-state index contributed by atoms with van der Waals surface area (Å²) in [6.45, 7) is 3.52. The summed E-state index contributed by atoms with van der Waals surface area (Å²) in [4.78, 5) is 0. The van der Waals surface area contributed by atoms with Gasteiger partial charge in [-0.3, -0.25) is 0 Å². The fourth-order valence-electron chi connectivity index (χ4n) is 2.90. The summed E-state index contributed by atoms with van der Waals surface area (Å²) in [5, 5.41) is 3.46. The van der Waals surface area contributed by atoms with E-state index in [0.717, 1.165) is 43.4 Å². The zero-order valence-corrected chi connectivity index (χ0v) is 11.4. The van der Waals surface area contributed by atoms with Crippen molar-refractivity contribution in [3.63, 3.8) is 0 Å². The molecule has 1 aromatic rings. The minimum Gasteiger partial charge on any atom is -0.496 e. The molecule has 0 radical (unpaired) electrons. The summed E-state index contributed by atoms with van der Waals surface area (Å²) in [6.07, 6.45) is 3.29. The summed E-state index contributed by atoms with van der Waals surface area (Å²) >= 11 is 0. The van der Waals surface area contributed by atoms with Gasteiger partial charge in [-0.2, -0.15) is 0 Å². The molecule has 1 N–H and O–H groups in total. The highest BCUT2D eigenvalue weighted by atomic mass is 16.5. The first kappa shape index (κ1) is 12.6. The Morgan fingerprint density at radius 2 is 2.11 bits per heavy atom. The minimum absolute atomic E-state index is 0.445. The first-order valence-corrected chi connectivity index (χ1v) is 7.07. The standard InChI is InChI=1S/C15H21NO3/c1-17-12-5-6-13-15(19-9-3-8-18-13)14(12)11-4-2-7-16-10-11/h5-6,11,16H,2-4,7-10H2,1H3. The first-order chi connectivity index (χ1) is 9.40. The van der Waals surface area contributed by atoms with E-state index < -0.39 is 0 Å². The smallest absolute Gasteiger partial charge is 0.168 e. The molecule has 1 atom stereocenters. The number of ether oxygens (including phenoxy) is 3. The van der Waals surface area contributed by atoms with Crippen molar-refractivity contribution in [2.24, 2.45) is 0 Å². The van der Waals surface area contributed by atoms with Crippen molar-refractivity contribution >= 4 is 0 Å². The lowest BCUT2D eigenvalue weighted by atomic mass is 9.90. The fourth-order valence-corrected chi connectivity index (χ4v) is 2.90. The normalized spacial score (nSPS) is 22.7. The third-order valence-corrected chi connectivity index (χ3v) is 3.84. The average molecular weight is 263 g/mol. The third kappa shape index (κ3) is 2.50. The third-order valence-electron chi connectivity index (χ3n) is 3.84. The molecule has 0 aromatic heterocycles. The van der Waals surface area contributed by atoms with Gasteiger partial charge in [0, 0.05) is 24.4 Å². The van der Waals surface area contributed by atoms with Crippen LogP contribution < -0.4 is 19.5 Å². The Balaban J connectivity index is 2.02. The number of rotatable bonds is 2. The summed E-state index contributed by atoms with van der Waals surface area (Å²) in [6, 6.07) is 3.96. The van der Waals surface area contributed by atoms with Gasteiger partial charge in [-0.15, -0.1) is 0 Å². The van der Waals surface area contributed by atoms with E-state index in [1.54, 1.807) is 7.11 Å². The molecule has 0 amide bonds. The summed E-state index contributed by atoms with van der Waals surface area (Å²) in [5.41, 5.74) is 1.18. The van der Waals surface area contributed by atoms with Crippen LogP contribution in [0.2, 0.25) is 0 Å². The molecule has 3 rings (SSSR count). The van der Waals surface area contributed by atoms with E-state index in [1.807, 2.05) is 12.1 Å². The number of nitrogens with one attached hydrogen (secondary N) is 1. The molecule has 0 saturated carbocycles. The molecule has 2 aliphatic rings. The van der Waals surface area contributed by atoms with Crippen molar-refractivity contribution in [1.82, 2.24) is 5.32 Å². The van der Waals surface area contributed by atoms with E-state index >= 15 is 0 Å². The lowest BCUT2D eigenvalue weighted by Gasteiger charge is -2.27. The second kappa shape index (κ2) is 5.70. The molecular formula is C15H21NO3. The monoisotopic (exact) mass is 263 g/mol. The highest BCUT2D eigenvalue weighted by molar-refractivity contribution is 5.56. The minimum atomic E-state index is 0.445. The van der Waals surface area contributed by atoms with E-state index in [9.17, 15) is 0 Å². The van der Waals surface area contributed by atoms with Gasteiger partial charge < -0.3 is 19.5 Å². The summed E-state index contributed by atoms with van der Waals surface area (Å²) in [5.74, 6) is 3.11. The number of methoxy groups -OCH3 is 1. The van der Waals surface area contributed by atoms with Crippen molar-refractivity contribution in [3.8, 4) is 17.2 Å². The zero-order valence-electron chi connectivity index (χ0n) is 11.4. The van der Waals surface area contributed by atoms with Crippen molar-refractivity contribution < 1.29 is 14.2 Å². The van der Waals surface area contributed by atoms with Crippen LogP contribution in [0.1, 0.15) is 30.7 Å². The SMILES string of the molecule is COc1ccc2c(c1C1CCCNC1)OCCCO2. The predicted octanol–water partition coefficient (Wildman–Crippen LogP) is 2.32. The van der Waals surface area contributed by atoms with Crippen LogP contribution in [0.5, 0.6) is 17.2 Å². The number of piperidine rings is 1. The van der Waals surface area contributed by atoms with Crippen molar-refractivity contribution in [1.29, 1.82) is 0 Å². The van der Waals surface area contributed by atoms with Gasteiger partial charge in [-0.25, -0.2) is 0 Å². The largest absolute Gasteiger partial charge is 0.496 e. The Labute approximate surface area is 114 Å².